The Hall–Kier alpha value is -0.160. The molecule has 0 aliphatic heterocycles. The lowest BCUT2D eigenvalue weighted by molar-refractivity contribution is -0.102. The van der Waals surface area contributed by atoms with Gasteiger partial charge in [0.1, 0.15) is 0 Å². The molecule has 0 heterocycles. The number of rotatable bonds is 19. The van der Waals surface area contributed by atoms with Crippen LogP contribution >= 0.6 is 0 Å². The van der Waals surface area contributed by atoms with E-state index in [9.17, 15) is 0 Å². The van der Waals surface area contributed by atoms with Crippen molar-refractivity contribution >= 4 is 0 Å². The summed E-state index contributed by atoms with van der Waals surface area (Å²) in [4.78, 5) is 0. The van der Waals surface area contributed by atoms with Gasteiger partial charge in [-0.1, -0.05) is 45.4 Å². The van der Waals surface area contributed by atoms with Gasteiger partial charge in [-0.3, -0.25) is 0 Å². The average molecular weight is 487 g/mol. The third-order valence-corrected chi connectivity index (χ3v) is 5.73. The SMILES string of the molecule is CCCC(CCC(CCC(CCCCCCCCO)OC(C)(C)C)OC(C)(C)C)OC(C)(C)C. The van der Waals surface area contributed by atoms with Crippen LogP contribution in [0.5, 0.6) is 0 Å². The lowest BCUT2D eigenvalue weighted by Gasteiger charge is -2.33. The number of hydrogen-bond donors (Lipinski definition) is 1. The maximum Gasteiger partial charge on any atom is 0.0602 e. The Morgan fingerprint density at radius 2 is 0.794 bits per heavy atom. The van der Waals surface area contributed by atoms with E-state index in [1.54, 1.807) is 0 Å². The molecule has 0 bridgehead atoms. The summed E-state index contributed by atoms with van der Waals surface area (Å²) >= 11 is 0. The minimum atomic E-state index is -0.148. The van der Waals surface area contributed by atoms with Crippen molar-refractivity contribution in [3.05, 3.63) is 0 Å². The van der Waals surface area contributed by atoms with E-state index in [1.165, 1.54) is 25.7 Å². The molecule has 0 amide bonds. The van der Waals surface area contributed by atoms with E-state index in [-0.39, 0.29) is 29.0 Å². The molecule has 0 aromatic rings. The van der Waals surface area contributed by atoms with Crippen molar-refractivity contribution in [3.8, 4) is 0 Å². The molecule has 34 heavy (non-hydrogen) atoms. The van der Waals surface area contributed by atoms with Crippen LogP contribution in [0, 0.1) is 0 Å². The van der Waals surface area contributed by atoms with Crippen molar-refractivity contribution in [3.63, 3.8) is 0 Å². The first-order valence-electron chi connectivity index (χ1n) is 14.3. The van der Waals surface area contributed by atoms with Crippen molar-refractivity contribution in [1.29, 1.82) is 0 Å². The summed E-state index contributed by atoms with van der Waals surface area (Å²) in [5.74, 6) is 0. The molecule has 0 aliphatic carbocycles. The smallest absolute Gasteiger partial charge is 0.0602 e. The Kier molecular flexibility index (Phi) is 17.2. The fraction of sp³-hybridized carbons (Fsp3) is 1.00. The van der Waals surface area contributed by atoms with Gasteiger partial charge < -0.3 is 19.3 Å². The molecule has 0 spiro atoms. The fourth-order valence-corrected chi connectivity index (χ4v) is 4.54. The predicted octanol–water partition coefficient (Wildman–Crippen LogP) is 8.62. The topological polar surface area (TPSA) is 47.9 Å². The van der Waals surface area contributed by atoms with Crippen molar-refractivity contribution in [2.75, 3.05) is 6.61 Å². The van der Waals surface area contributed by atoms with Gasteiger partial charge in [-0.15, -0.1) is 0 Å². The van der Waals surface area contributed by atoms with Crippen LogP contribution in [-0.4, -0.2) is 46.8 Å². The lowest BCUT2D eigenvalue weighted by atomic mass is 9.97. The monoisotopic (exact) mass is 486 g/mol. The molecule has 1 N–H and O–H groups in total. The molecule has 4 heteroatoms. The Bertz CT molecular complexity index is 470. The van der Waals surface area contributed by atoms with E-state index in [4.69, 9.17) is 19.3 Å². The van der Waals surface area contributed by atoms with Crippen LogP contribution in [0.3, 0.4) is 0 Å². The molecule has 3 atom stereocenters. The molecule has 0 saturated carbocycles. The second-order valence-electron chi connectivity index (χ2n) is 13.1. The van der Waals surface area contributed by atoms with Gasteiger partial charge >= 0.3 is 0 Å². The standard InChI is InChI=1S/C30H62O4/c1-11-18-25(32-28(2,3)4)20-22-27(34-30(8,9)10)23-21-26(33-29(5,6)7)19-16-14-12-13-15-17-24-31/h25-27,31H,11-24H2,1-10H3. The Labute approximate surface area is 213 Å². The van der Waals surface area contributed by atoms with Gasteiger partial charge in [0.15, 0.2) is 0 Å². The normalized spacial score (nSPS) is 16.0. The predicted molar refractivity (Wildman–Crippen MR) is 147 cm³/mol. The van der Waals surface area contributed by atoms with E-state index >= 15 is 0 Å². The fourth-order valence-electron chi connectivity index (χ4n) is 4.54. The van der Waals surface area contributed by atoms with Gasteiger partial charge in [0.2, 0.25) is 0 Å². The van der Waals surface area contributed by atoms with Crippen molar-refractivity contribution in [2.24, 2.45) is 0 Å². The van der Waals surface area contributed by atoms with Crippen LogP contribution in [0.4, 0.5) is 0 Å². The first kappa shape index (κ1) is 33.8. The van der Waals surface area contributed by atoms with E-state index in [1.807, 2.05) is 0 Å². The van der Waals surface area contributed by atoms with Crippen molar-refractivity contribution in [2.45, 2.75) is 188 Å². The zero-order chi connectivity index (χ0) is 26.3. The van der Waals surface area contributed by atoms with E-state index in [0.717, 1.165) is 57.8 Å². The van der Waals surface area contributed by atoms with E-state index in [0.29, 0.717) is 12.7 Å². The summed E-state index contributed by atoms with van der Waals surface area (Å²) in [6.45, 7) is 22.0. The minimum Gasteiger partial charge on any atom is -0.396 e. The quantitative estimate of drug-likeness (QED) is 0.186. The average Bonchev–Trinajstić information content (AvgIpc) is 2.65. The van der Waals surface area contributed by atoms with Gasteiger partial charge in [0.05, 0.1) is 35.1 Å². The first-order valence-corrected chi connectivity index (χ1v) is 14.3. The lowest BCUT2D eigenvalue weighted by Crippen LogP contribution is -2.33. The molecule has 4 nitrogen and oxygen atoms in total. The molecule has 0 aliphatic rings. The zero-order valence-electron chi connectivity index (χ0n) is 24.8. The molecule has 0 saturated heterocycles. The second-order valence-corrected chi connectivity index (χ2v) is 13.1. The molecule has 0 fully saturated rings. The largest absolute Gasteiger partial charge is 0.396 e. The molecular formula is C30H62O4. The summed E-state index contributed by atoms with van der Waals surface area (Å²) in [5.41, 5.74) is -0.381. The molecule has 0 aromatic heterocycles. The highest BCUT2D eigenvalue weighted by Gasteiger charge is 2.25. The summed E-state index contributed by atoms with van der Waals surface area (Å²) in [7, 11) is 0. The van der Waals surface area contributed by atoms with Crippen LogP contribution in [0.15, 0.2) is 0 Å². The van der Waals surface area contributed by atoms with E-state index < -0.39 is 0 Å². The molecular weight excluding hydrogens is 424 g/mol. The zero-order valence-corrected chi connectivity index (χ0v) is 24.8. The maximum atomic E-state index is 8.94. The summed E-state index contributed by atoms with van der Waals surface area (Å²) < 4.78 is 19.4. The number of unbranched alkanes of at least 4 members (excludes halogenated alkanes) is 5. The molecule has 0 radical (unpaired) electrons. The number of aliphatic hydroxyl groups excluding tert-OH is 1. The Morgan fingerprint density at radius 1 is 0.471 bits per heavy atom. The Morgan fingerprint density at radius 3 is 1.15 bits per heavy atom. The van der Waals surface area contributed by atoms with Crippen LogP contribution in [0.2, 0.25) is 0 Å². The summed E-state index contributed by atoms with van der Waals surface area (Å²) in [6.07, 6.45) is 15.3. The van der Waals surface area contributed by atoms with Crippen LogP contribution in [0.25, 0.3) is 0 Å². The molecule has 3 unspecified atom stereocenters. The minimum absolute atomic E-state index is 0.107. The van der Waals surface area contributed by atoms with Crippen LogP contribution in [-0.2, 0) is 14.2 Å². The molecule has 206 valence electrons. The highest BCUT2D eigenvalue weighted by Crippen LogP contribution is 2.26. The van der Waals surface area contributed by atoms with Crippen LogP contribution < -0.4 is 0 Å². The van der Waals surface area contributed by atoms with E-state index in [2.05, 4.69) is 69.2 Å². The third-order valence-electron chi connectivity index (χ3n) is 5.73. The molecule has 0 rings (SSSR count). The second kappa shape index (κ2) is 17.3. The van der Waals surface area contributed by atoms with Crippen molar-refractivity contribution in [1.82, 2.24) is 0 Å². The van der Waals surface area contributed by atoms with Gasteiger partial charge in [0, 0.05) is 6.61 Å². The van der Waals surface area contributed by atoms with Gasteiger partial charge in [-0.25, -0.2) is 0 Å². The Balaban J connectivity index is 4.90. The first-order chi connectivity index (χ1) is 15.6. The van der Waals surface area contributed by atoms with Gasteiger partial charge in [-0.2, -0.15) is 0 Å². The summed E-state index contributed by atoms with van der Waals surface area (Å²) in [5, 5.41) is 8.94. The summed E-state index contributed by atoms with van der Waals surface area (Å²) in [6, 6.07) is 0. The number of hydrogen-bond acceptors (Lipinski definition) is 4. The maximum absolute atomic E-state index is 8.94. The highest BCUT2D eigenvalue weighted by molar-refractivity contribution is 4.75. The number of ether oxygens (including phenoxy) is 3. The number of aliphatic hydroxyl groups is 1. The highest BCUT2D eigenvalue weighted by atomic mass is 16.5. The van der Waals surface area contributed by atoms with Gasteiger partial charge in [0.25, 0.3) is 0 Å². The van der Waals surface area contributed by atoms with Crippen LogP contribution in [0.1, 0.15) is 153 Å². The van der Waals surface area contributed by atoms with Crippen molar-refractivity contribution < 1.29 is 19.3 Å². The molecule has 0 aromatic carbocycles. The van der Waals surface area contributed by atoms with Gasteiger partial charge in [-0.05, 0) is 107 Å². The third kappa shape index (κ3) is 22.3.